The molecule has 0 saturated heterocycles. The van der Waals surface area contributed by atoms with E-state index in [1.165, 1.54) is 0 Å². The van der Waals surface area contributed by atoms with E-state index in [-0.39, 0.29) is 6.29 Å². The van der Waals surface area contributed by atoms with Gasteiger partial charge in [-0.15, -0.1) is 0 Å². The van der Waals surface area contributed by atoms with Crippen LogP contribution >= 0.6 is 0 Å². The largest absolute Gasteiger partial charge is 0.481 e. The van der Waals surface area contributed by atoms with Gasteiger partial charge in [0.15, 0.2) is 6.29 Å². The molecule has 1 aromatic rings. The number of methoxy groups -OCH3 is 1. The third kappa shape index (κ3) is 5.44. The Balaban J connectivity index is 2.34. The van der Waals surface area contributed by atoms with Crippen LogP contribution in [-0.2, 0) is 16.0 Å². The average Bonchev–Trinajstić information content (AvgIpc) is 2.39. The first kappa shape index (κ1) is 14.9. The molecule has 5 heteroatoms. The number of ether oxygens (including phenoxy) is 3. The van der Waals surface area contributed by atoms with Crippen LogP contribution in [0.5, 0.6) is 5.88 Å². The molecule has 0 aromatic carbocycles. The molecule has 0 bridgehead atoms. The predicted molar refractivity (Wildman–Crippen MR) is 69.5 cm³/mol. The number of aromatic nitrogens is 1. The fourth-order valence-electron chi connectivity index (χ4n) is 1.53. The van der Waals surface area contributed by atoms with Crippen LogP contribution in [0.15, 0.2) is 18.2 Å². The van der Waals surface area contributed by atoms with Crippen molar-refractivity contribution in [3.63, 3.8) is 0 Å². The van der Waals surface area contributed by atoms with Gasteiger partial charge in [-0.3, -0.25) is 0 Å². The molecule has 0 radical (unpaired) electrons. The number of rotatable bonds is 9. The zero-order chi connectivity index (χ0) is 13.2. The number of hydrogen-bond acceptors (Lipinski definition) is 5. The van der Waals surface area contributed by atoms with Crippen LogP contribution < -0.4 is 10.1 Å². The maximum absolute atomic E-state index is 5.44. The van der Waals surface area contributed by atoms with Crippen molar-refractivity contribution in [2.45, 2.75) is 26.7 Å². The number of nitrogens with zero attached hydrogens (tertiary/aromatic N) is 1. The second-order valence-corrected chi connectivity index (χ2v) is 3.64. The van der Waals surface area contributed by atoms with Gasteiger partial charge in [0, 0.05) is 32.4 Å². The van der Waals surface area contributed by atoms with Crippen LogP contribution in [0.3, 0.4) is 0 Å². The summed E-state index contributed by atoms with van der Waals surface area (Å²) in [5.41, 5.74) is 0.932. The van der Waals surface area contributed by atoms with Gasteiger partial charge in [-0.25, -0.2) is 4.98 Å². The Morgan fingerprint density at radius 1 is 1.22 bits per heavy atom. The van der Waals surface area contributed by atoms with Crippen LogP contribution in [-0.4, -0.2) is 38.1 Å². The van der Waals surface area contributed by atoms with Gasteiger partial charge in [0.2, 0.25) is 5.88 Å². The van der Waals surface area contributed by atoms with Gasteiger partial charge in [-0.2, -0.15) is 0 Å². The zero-order valence-corrected chi connectivity index (χ0v) is 11.3. The van der Waals surface area contributed by atoms with Gasteiger partial charge in [-0.05, 0) is 19.9 Å². The number of hydrogen-bond donors (Lipinski definition) is 1. The Labute approximate surface area is 108 Å². The van der Waals surface area contributed by atoms with Crippen molar-refractivity contribution in [1.82, 2.24) is 10.3 Å². The monoisotopic (exact) mass is 254 g/mol. The van der Waals surface area contributed by atoms with E-state index in [4.69, 9.17) is 14.2 Å². The number of nitrogens with one attached hydrogen (secondary N) is 1. The third-order valence-corrected chi connectivity index (χ3v) is 2.31. The van der Waals surface area contributed by atoms with E-state index in [2.05, 4.69) is 10.3 Å². The molecule has 0 unspecified atom stereocenters. The van der Waals surface area contributed by atoms with Crippen molar-refractivity contribution in [3.8, 4) is 5.88 Å². The summed E-state index contributed by atoms with van der Waals surface area (Å²) in [5, 5.41) is 3.25. The molecular weight excluding hydrogens is 232 g/mol. The van der Waals surface area contributed by atoms with Crippen molar-refractivity contribution in [2.75, 3.05) is 26.9 Å². The van der Waals surface area contributed by atoms with Gasteiger partial charge in [0.05, 0.1) is 12.8 Å². The quantitative estimate of drug-likeness (QED) is 0.678. The van der Waals surface area contributed by atoms with Crippen molar-refractivity contribution in [3.05, 3.63) is 23.9 Å². The highest BCUT2D eigenvalue weighted by Gasteiger charge is 2.07. The van der Waals surface area contributed by atoms with Gasteiger partial charge in [0.25, 0.3) is 0 Å². The molecule has 1 N–H and O–H groups in total. The Morgan fingerprint density at radius 3 is 2.56 bits per heavy atom. The summed E-state index contributed by atoms with van der Waals surface area (Å²) in [6.45, 7) is 6.49. The summed E-state index contributed by atoms with van der Waals surface area (Å²) in [5.74, 6) is 0.625. The maximum Gasteiger partial charge on any atom is 0.213 e. The first-order valence-electron chi connectivity index (χ1n) is 6.24. The summed E-state index contributed by atoms with van der Waals surface area (Å²) in [4.78, 5) is 4.31. The second kappa shape index (κ2) is 8.85. The average molecular weight is 254 g/mol. The van der Waals surface area contributed by atoms with Gasteiger partial charge < -0.3 is 19.5 Å². The molecule has 1 heterocycles. The van der Waals surface area contributed by atoms with Gasteiger partial charge in [-0.1, -0.05) is 6.07 Å². The minimum absolute atomic E-state index is 0.203. The lowest BCUT2D eigenvalue weighted by molar-refractivity contribution is -0.133. The molecule has 1 aromatic heterocycles. The first-order chi connectivity index (χ1) is 8.80. The van der Waals surface area contributed by atoms with Gasteiger partial charge >= 0.3 is 0 Å². The Hall–Kier alpha value is -1.17. The predicted octanol–water partition coefficient (Wildman–Crippen LogP) is 1.58. The summed E-state index contributed by atoms with van der Waals surface area (Å²) in [6.07, 6.45) is -0.203. The second-order valence-electron chi connectivity index (χ2n) is 3.64. The molecule has 102 valence electrons. The van der Waals surface area contributed by atoms with Crippen LogP contribution in [0, 0.1) is 0 Å². The Morgan fingerprint density at radius 2 is 1.94 bits per heavy atom. The van der Waals surface area contributed by atoms with E-state index in [1.54, 1.807) is 7.11 Å². The van der Waals surface area contributed by atoms with E-state index < -0.39 is 0 Å². The third-order valence-electron chi connectivity index (χ3n) is 2.31. The molecule has 5 nitrogen and oxygen atoms in total. The standard InChI is InChI=1S/C13H22N2O3/c1-4-17-13(18-5-2)10-14-9-11-7-6-8-12(15-11)16-3/h6-8,13-14H,4-5,9-10H2,1-3H3. The van der Waals surface area contributed by atoms with E-state index in [1.807, 2.05) is 32.0 Å². The normalized spacial score (nSPS) is 10.9. The Kier molecular flexibility index (Phi) is 7.32. The summed E-state index contributed by atoms with van der Waals surface area (Å²) in [6, 6.07) is 5.70. The van der Waals surface area contributed by atoms with E-state index in [0.717, 1.165) is 5.69 Å². The summed E-state index contributed by atoms with van der Waals surface area (Å²) < 4.78 is 15.9. The van der Waals surface area contributed by atoms with Crippen LogP contribution in [0.25, 0.3) is 0 Å². The molecule has 0 amide bonds. The van der Waals surface area contributed by atoms with E-state index in [0.29, 0.717) is 32.2 Å². The molecule has 0 saturated carbocycles. The van der Waals surface area contributed by atoms with E-state index in [9.17, 15) is 0 Å². The molecule has 0 spiro atoms. The van der Waals surface area contributed by atoms with Crippen molar-refractivity contribution < 1.29 is 14.2 Å². The van der Waals surface area contributed by atoms with Crippen molar-refractivity contribution in [1.29, 1.82) is 0 Å². The topological polar surface area (TPSA) is 52.6 Å². The fraction of sp³-hybridized carbons (Fsp3) is 0.615. The lowest BCUT2D eigenvalue weighted by Gasteiger charge is -2.17. The minimum Gasteiger partial charge on any atom is -0.481 e. The van der Waals surface area contributed by atoms with Crippen LogP contribution in [0.2, 0.25) is 0 Å². The SMILES string of the molecule is CCOC(CNCc1cccc(OC)n1)OCC. The molecule has 0 aliphatic rings. The highest BCUT2D eigenvalue weighted by atomic mass is 16.7. The highest BCUT2D eigenvalue weighted by molar-refractivity contribution is 5.15. The van der Waals surface area contributed by atoms with Crippen molar-refractivity contribution >= 4 is 0 Å². The summed E-state index contributed by atoms with van der Waals surface area (Å²) >= 11 is 0. The van der Waals surface area contributed by atoms with Gasteiger partial charge in [0.1, 0.15) is 0 Å². The molecule has 18 heavy (non-hydrogen) atoms. The zero-order valence-electron chi connectivity index (χ0n) is 11.3. The lowest BCUT2D eigenvalue weighted by Crippen LogP contribution is -2.31. The minimum atomic E-state index is -0.203. The van der Waals surface area contributed by atoms with Crippen LogP contribution in [0.4, 0.5) is 0 Å². The first-order valence-corrected chi connectivity index (χ1v) is 6.24. The maximum atomic E-state index is 5.44. The molecule has 0 atom stereocenters. The van der Waals surface area contributed by atoms with Crippen molar-refractivity contribution in [2.24, 2.45) is 0 Å². The lowest BCUT2D eigenvalue weighted by atomic mass is 10.3. The molecule has 0 aliphatic heterocycles. The molecule has 1 rings (SSSR count). The smallest absolute Gasteiger partial charge is 0.213 e. The Bertz CT molecular complexity index is 328. The fourth-order valence-corrected chi connectivity index (χ4v) is 1.53. The van der Waals surface area contributed by atoms with E-state index >= 15 is 0 Å². The summed E-state index contributed by atoms with van der Waals surface area (Å²) in [7, 11) is 1.61. The molecule has 0 aliphatic carbocycles. The van der Waals surface area contributed by atoms with Crippen LogP contribution in [0.1, 0.15) is 19.5 Å². The molecule has 0 fully saturated rings. The highest BCUT2D eigenvalue weighted by Crippen LogP contribution is 2.06. The number of pyridine rings is 1. The molecular formula is C13H22N2O3.